The minimum atomic E-state index is -0.308. The average molecular weight is 304 g/mol. The van der Waals surface area contributed by atoms with Crippen LogP contribution in [0.4, 0.5) is 10.1 Å². The molecule has 0 unspecified atom stereocenters. The SMILES string of the molecule is Cc1cc(F)ccc1-n1nnnc1-c1cc(N)cc(Cl)c1. The van der Waals surface area contributed by atoms with Gasteiger partial charge in [-0.15, -0.1) is 5.10 Å². The van der Waals surface area contributed by atoms with Crippen LogP contribution in [0, 0.1) is 12.7 Å². The smallest absolute Gasteiger partial charge is 0.187 e. The number of anilines is 1. The summed E-state index contributed by atoms with van der Waals surface area (Å²) in [5.41, 5.74) is 8.41. The summed E-state index contributed by atoms with van der Waals surface area (Å²) in [5.74, 6) is 0.178. The second-order valence-electron chi connectivity index (χ2n) is 4.62. The van der Waals surface area contributed by atoms with Gasteiger partial charge in [-0.25, -0.2) is 4.39 Å². The zero-order chi connectivity index (χ0) is 15.0. The van der Waals surface area contributed by atoms with E-state index in [0.717, 1.165) is 5.56 Å². The number of hydrogen-bond donors (Lipinski definition) is 1. The molecule has 3 aromatic rings. The fraction of sp³-hybridized carbons (Fsp3) is 0.0714. The normalized spacial score (nSPS) is 10.8. The van der Waals surface area contributed by atoms with Crippen molar-refractivity contribution in [3.8, 4) is 17.1 Å². The zero-order valence-corrected chi connectivity index (χ0v) is 11.8. The van der Waals surface area contributed by atoms with Crippen molar-refractivity contribution in [3.05, 3.63) is 52.8 Å². The molecule has 3 rings (SSSR count). The molecule has 2 aromatic carbocycles. The van der Waals surface area contributed by atoms with E-state index in [1.165, 1.54) is 16.8 Å². The maximum absolute atomic E-state index is 13.2. The molecule has 0 saturated carbocycles. The third kappa shape index (κ3) is 2.57. The highest BCUT2D eigenvalue weighted by Gasteiger charge is 2.14. The highest BCUT2D eigenvalue weighted by molar-refractivity contribution is 6.31. The molecule has 1 aromatic heterocycles. The van der Waals surface area contributed by atoms with Gasteiger partial charge in [-0.05, 0) is 59.3 Å². The van der Waals surface area contributed by atoms with E-state index in [1.807, 2.05) is 0 Å². The molecule has 0 aliphatic rings. The summed E-state index contributed by atoms with van der Waals surface area (Å²) in [5, 5.41) is 12.1. The molecule has 7 heteroatoms. The first-order valence-electron chi connectivity index (χ1n) is 6.16. The van der Waals surface area contributed by atoms with Gasteiger partial charge in [0.25, 0.3) is 0 Å². The van der Waals surface area contributed by atoms with Gasteiger partial charge in [0.05, 0.1) is 5.69 Å². The highest BCUT2D eigenvalue weighted by Crippen LogP contribution is 2.26. The van der Waals surface area contributed by atoms with Gasteiger partial charge in [-0.2, -0.15) is 4.68 Å². The minimum absolute atomic E-state index is 0.308. The van der Waals surface area contributed by atoms with Crippen LogP contribution < -0.4 is 5.73 Å². The topological polar surface area (TPSA) is 69.6 Å². The fourth-order valence-electron chi connectivity index (χ4n) is 2.13. The molecule has 0 aliphatic heterocycles. The van der Waals surface area contributed by atoms with Gasteiger partial charge < -0.3 is 5.73 Å². The predicted octanol–water partition coefficient (Wildman–Crippen LogP) is 3.01. The summed E-state index contributed by atoms with van der Waals surface area (Å²) >= 11 is 6.01. The van der Waals surface area contributed by atoms with E-state index in [2.05, 4.69) is 15.5 Å². The monoisotopic (exact) mass is 303 g/mol. The van der Waals surface area contributed by atoms with Crippen LogP contribution in [0.3, 0.4) is 0 Å². The van der Waals surface area contributed by atoms with Crippen molar-refractivity contribution in [2.24, 2.45) is 0 Å². The van der Waals surface area contributed by atoms with E-state index < -0.39 is 0 Å². The van der Waals surface area contributed by atoms with Gasteiger partial charge in [0, 0.05) is 16.3 Å². The Balaban J connectivity index is 2.17. The maximum Gasteiger partial charge on any atom is 0.187 e. The first-order valence-corrected chi connectivity index (χ1v) is 6.54. The number of benzene rings is 2. The van der Waals surface area contributed by atoms with Crippen molar-refractivity contribution in [2.75, 3.05) is 5.73 Å². The highest BCUT2D eigenvalue weighted by atomic mass is 35.5. The number of rotatable bonds is 2. The molecule has 0 radical (unpaired) electrons. The molecule has 0 bridgehead atoms. The molecule has 2 N–H and O–H groups in total. The Morgan fingerprint density at radius 1 is 1.19 bits per heavy atom. The van der Waals surface area contributed by atoms with Crippen LogP contribution in [0.15, 0.2) is 36.4 Å². The fourth-order valence-corrected chi connectivity index (χ4v) is 2.37. The summed E-state index contributed by atoms with van der Waals surface area (Å²) in [4.78, 5) is 0. The molecular weight excluding hydrogens is 293 g/mol. The zero-order valence-electron chi connectivity index (χ0n) is 11.1. The number of aryl methyl sites for hydroxylation is 1. The van der Waals surface area contributed by atoms with Crippen LogP contribution >= 0.6 is 11.6 Å². The van der Waals surface area contributed by atoms with Crippen molar-refractivity contribution in [1.82, 2.24) is 20.2 Å². The summed E-state index contributed by atoms with van der Waals surface area (Å²) in [7, 11) is 0. The van der Waals surface area contributed by atoms with E-state index in [0.29, 0.717) is 27.8 Å². The number of aromatic nitrogens is 4. The molecule has 0 amide bonds. The number of nitrogens with zero attached hydrogens (tertiary/aromatic N) is 4. The summed E-state index contributed by atoms with van der Waals surface area (Å²) in [6, 6.07) is 9.50. The van der Waals surface area contributed by atoms with E-state index in [9.17, 15) is 4.39 Å². The van der Waals surface area contributed by atoms with Crippen LogP contribution in [-0.2, 0) is 0 Å². The Bertz CT molecular complexity index is 795. The molecule has 0 atom stereocenters. The third-order valence-corrected chi connectivity index (χ3v) is 3.25. The Kier molecular flexibility index (Phi) is 3.31. The van der Waals surface area contributed by atoms with Crippen LogP contribution in [0.25, 0.3) is 17.1 Å². The molecule has 106 valence electrons. The lowest BCUT2D eigenvalue weighted by Gasteiger charge is -2.08. The molecular formula is C14H11ClFN5. The van der Waals surface area contributed by atoms with E-state index >= 15 is 0 Å². The average Bonchev–Trinajstić information content (AvgIpc) is 2.86. The molecule has 0 fully saturated rings. The van der Waals surface area contributed by atoms with E-state index in [1.54, 1.807) is 31.2 Å². The Labute approximate surface area is 125 Å². The number of hydrogen-bond acceptors (Lipinski definition) is 4. The van der Waals surface area contributed by atoms with Crippen molar-refractivity contribution in [2.45, 2.75) is 6.92 Å². The van der Waals surface area contributed by atoms with Gasteiger partial charge in [0.15, 0.2) is 5.82 Å². The lowest BCUT2D eigenvalue weighted by atomic mass is 10.1. The molecule has 0 saturated heterocycles. The second-order valence-corrected chi connectivity index (χ2v) is 5.05. The van der Waals surface area contributed by atoms with Gasteiger partial charge in [0.1, 0.15) is 5.82 Å². The standard InChI is InChI=1S/C14H11ClFN5/c1-8-4-11(16)2-3-13(8)21-14(18-19-20-21)9-5-10(15)7-12(17)6-9/h2-7H,17H2,1H3. The van der Waals surface area contributed by atoms with E-state index in [4.69, 9.17) is 17.3 Å². The van der Waals surface area contributed by atoms with E-state index in [-0.39, 0.29) is 5.82 Å². The maximum atomic E-state index is 13.2. The number of halogens is 2. The second kappa shape index (κ2) is 5.14. The van der Waals surface area contributed by atoms with Crippen LogP contribution in [0.2, 0.25) is 5.02 Å². The van der Waals surface area contributed by atoms with Crippen LogP contribution in [0.1, 0.15) is 5.56 Å². The van der Waals surface area contributed by atoms with Crippen molar-refractivity contribution in [3.63, 3.8) is 0 Å². The van der Waals surface area contributed by atoms with Crippen LogP contribution in [0.5, 0.6) is 0 Å². The summed E-state index contributed by atoms with van der Waals surface area (Å²) in [6.07, 6.45) is 0. The molecule has 5 nitrogen and oxygen atoms in total. The number of tetrazole rings is 1. The lowest BCUT2D eigenvalue weighted by Crippen LogP contribution is -2.03. The summed E-state index contributed by atoms with van der Waals surface area (Å²) in [6.45, 7) is 1.79. The largest absolute Gasteiger partial charge is 0.399 e. The Morgan fingerprint density at radius 2 is 2.00 bits per heavy atom. The van der Waals surface area contributed by atoms with Gasteiger partial charge in [-0.1, -0.05) is 11.6 Å². The van der Waals surface area contributed by atoms with Crippen molar-refractivity contribution in [1.29, 1.82) is 0 Å². The molecule has 0 spiro atoms. The minimum Gasteiger partial charge on any atom is -0.399 e. The van der Waals surface area contributed by atoms with Crippen molar-refractivity contribution < 1.29 is 4.39 Å². The van der Waals surface area contributed by atoms with Gasteiger partial charge in [0.2, 0.25) is 0 Å². The number of nitrogen functional groups attached to an aromatic ring is 1. The quantitative estimate of drug-likeness (QED) is 0.739. The van der Waals surface area contributed by atoms with Crippen LogP contribution in [-0.4, -0.2) is 20.2 Å². The predicted molar refractivity (Wildman–Crippen MR) is 78.7 cm³/mol. The first-order chi connectivity index (χ1) is 10.0. The molecule has 21 heavy (non-hydrogen) atoms. The van der Waals surface area contributed by atoms with Gasteiger partial charge >= 0.3 is 0 Å². The molecule has 0 aliphatic carbocycles. The first kappa shape index (κ1) is 13.5. The third-order valence-electron chi connectivity index (χ3n) is 3.03. The van der Waals surface area contributed by atoms with Gasteiger partial charge in [-0.3, -0.25) is 0 Å². The Morgan fingerprint density at radius 3 is 2.71 bits per heavy atom. The summed E-state index contributed by atoms with van der Waals surface area (Å²) < 4.78 is 14.8. The lowest BCUT2D eigenvalue weighted by molar-refractivity contribution is 0.625. The Hall–Kier alpha value is -2.47. The van der Waals surface area contributed by atoms with Crippen molar-refractivity contribution >= 4 is 17.3 Å². The molecule has 1 heterocycles. The number of nitrogens with two attached hydrogens (primary N) is 1.